The fourth-order valence-corrected chi connectivity index (χ4v) is 1.75. The van der Waals surface area contributed by atoms with Gasteiger partial charge >= 0.3 is 0 Å². The van der Waals surface area contributed by atoms with Crippen molar-refractivity contribution in [2.24, 2.45) is 0 Å². The van der Waals surface area contributed by atoms with Gasteiger partial charge in [-0.25, -0.2) is 0 Å². The van der Waals surface area contributed by atoms with Crippen LogP contribution in [0, 0.1) is 23.7 Å². The summed E-state index contributed by atoms with van der Waals surface area (Å²) in [6.07, 6.45) is 5.00. The lowest BCUT2D eigenvalue weighted by Gasteiger charge is -2.04. The highest BCUT2D eigenvalue weighted by Crippen LogP contribution is 2.10. The molecule has 1 aromatic carbocycles. The molecule has 90 valence electrons. The van der Waals surface area contributed by atoms with Crippen molar-refractivity contribution in [1.29, 1.82) is 0 Å². The summed E-state index contributed by atoms with van der Waals surface area (Å²) in [5.74, 6) is 12.0. The Morgan fingerprint density at radius 3 is 2.56 bits per heavy atom. The average Bonchev–Trinajstić information content (AvgIpc) is 2.41. The van der Waals surface area contributed by atoms with Gasteiger partial charge in [-0.2, -0.15) is 0 Å². The van der Waals surface area contributed by atoms with E-state index in [9.17, 15) is 5.11 Å². The molecule has 18 heavy (non-hydrogen) atoms. The molecule has 0 aromatic heterocycles. The molecule has 2 rings (SSSR count). The van der Waals surface area contributed by atoms with Gasteiger partial charge < -0.3 is 5.11 Å². The number of aliphatic hydroxyl groups excluding tert-OH is 1. The van der Waals surface area contributed by atoms with Crippen molar-refractivity contribution in [2.45, 2.75) is 31.8 Å². The van der Waals surface area contributed by atoms with E-state index < -0.39 is 6.10 Å². The summed E-state index contributed by atoms with van der Waals surface area (Å²) in [5, 5.41) is 10.0. The van der Waals surface area contributed by atoms with Crippen LogP contribution in [0.3, 0.4) is 0 Å². The highest BCUT2D eigenvalue weighted by Gasteiger charge is 2.05. The molecule has 0 unspecified atom stereocenters. The zero-order valence-electron chi connectivity index (χ0n) is 10.3. The zero-order chi connectivity index (χ0) is 12.6. The molecular weight excluding hydrogens is 220 g/mol. The third-order valence-electron chi connectivity index (χ3n) is 2.74. The molecule has 0 amide bonds. The highest BCUT2D eigenvalue weighted by molar-refractivity contribution is 5.60. The van der Waals surface area contributed by atoms with Gasteiger partial charge in [0.05, 0.1) is 0 Å². The minimum atomic E-state index is -0.768. The minimum absolute atomic E-state index is 0.690. The molecule has 1 heteroatoms. The van der Waals surface area contributed by atoms with Gasteiger partial charge in [-0.3, -0.25) is 0 Å². The highest BCUT2D eigenvalue weighted by atomic mass is 16.3. The second-order valence-corrected chi connectivity index (χ2v) is 4.24. The molecule has 0 radical (unpaired) electrons. The van der Waals surface area contributed by atoms with Gasteiger partial charge in [-0.1, -0.05) is 48.1 Å². The zero-order valence-corrected chi connectivity index (χ0v) is 10.3. The van der Waals surface area contributed by atoms with E-state index >= 15 is 0 Å². The average molecular weight is 236 g/mol. The summed E-state index contributed by atoms with van der Waals surface area (Å²) in [6, 6.07) is 9.90. The maximum absolute atomic E-state index is 10.0. The first kappa shape index (κ1) is 12.5. The van der Waals surface area contributed by atoms with Crippen LogP contribution in [0.4, 0.5) is 0 Å². The predicted octanol–water partition coefficient (Wildman–Crippen LogP) is 3.01. The van der Waals surface area contributed by atoms with Crippen LogP contribution < -0.4 is 0 Å². The minimum Gasteiger partial charge on any atom is -0.375 e. The van der Waals surface area contributed by atoms with Crippen molar-refractivity contribution in [1.82, 2.24) is 0 Å². The van der Waals surface area contributed by atoms with Crippen LogP contribution in [-0.2, 0) is 0 Å². The lowest BCUT2D eigenvalue weighted by molar-refractivity contribution is 0.274. The Labute approximate surface area is 109 Å². The van der Waals surface area contributed by atoms with Crippen molar-refractivity contribution in [2.75, 3.05) is 0 Å². The summed E-state index contributed by atoms with van der Waals surface area (Å²) < 4.78 is 0. The normalized spacial score (nSPS) is 21.4. The van der Waals surface area contributed by atoms with Gasteiger partial charge in [0.2, 0.25) is 0 Å². The summed E-state index contributed by atoms with van der Waals surface area (Å²) in [4.78, 5) is 0. The Balaban J connectivity index is 2.28. The summed E-state index contributed by atoms with van der Waals surface area (Å²) in [7, 11) is 0. The second-order valence-electron chi connectivity index (χ2n) is 4.24. The Kier molecular flexibility index (Phi) is 4.65. The summed E-state index contributed by atoms with van der Waals surface area (Å²) >= 11 is 0. The molecular formula is C17H16O. The van der Waals surface area contributed by atoms with Crippen LogP contribution >= 0.6 is 0 Å². The molecule has 0 heterocycles. The van der Waals surface area contributed by atoms with Gasteiger partial charge in [0, 0.05) is 18.4 Å². The van der Waals surface area contributed by atoms with Crippen LogP contribution in [0.25, 0.3) is 6.08 Å². The molecule has 0 saturated carbocycles. The number of benzene rings is 1. The number of aliphatic hydroxyl groups is 1. The van der Waals surface area contributed by atoms with Gasteiger partial charge in [-0.05, 0) is 24.5 Å². The van der Waals surface area contributed by atoms with Crippen molar-refractivity contribution in [3.8, 4) is 23.7 Å². The third-order valence-corrected chi connectivity index (χ3v) is 2.74. The standard InChI is InChI=1S/C17H16O/c18-17-13-9-4-2-1-3-8-12-16(17)14-15-10-6-5-7-11-15/h5-7,10-11,14,17-18H,1-4H2/b16-14+/t17-/m1/s1. The van der Waals surface area contributed by atoms with Gasteiger partial charge in [0.25, 0.3) is 0 Å². The monoisotopic (exact) mass is 236 g/mol. The molecule has 1 aliphatic carbocycles. The van der Waals surface area contributed by atoms with E-state index in [0.29, 0.717) is 5.57 Å². The van der Waals surface area contributed by atoms with E-state index in [1.807, 2.05) is 36.4 Å². The Bertz CT molecular complexity index is 532. The topological polar surface area (TPSA) is 20.2 Å². The van der Waals surface area contributed by atoms with Crippen LogP contribution in [0.15, 0.2) is 35.9 Å². The fourth-order valence-electron chi connectivity index (χ4n) is 1.75. The van der Waals surface area contributed by atoms with Gasteiger partial charge in [-0.15, -0.1) is 5.92 Å². The van der Waals surface area contributed by atoms with Crippen molar-refractivity contribution in [3.63, 3.8) is 0 Å². The largest absolute Gasteiger partial charge is 0.375 e. The first-order valence-corrected chi connectivity index (χ1v) is 6.28. The molecule has 0 aliphatic heterocycles. The van der Waals surface area contributed by atoms with E-state index in [2.05, 4.69) is 23.7 Å². The molecule has 0 fully saturated rings. The molecule has 0 spiro atoms. The van der Waals surface area contributed by atoms with Crippen LogP contribution in [0.2, 0.25) is 0 Å². The molecule has 0 bridgehead atoms. The first-order chi connectivity index (χ1) is 8.86. The van der Waals surface area contributed by atoms with E-state index in [-0.39, 0.29) is 0 Å². The van der Waals surface area contributed by atoms with Crippen LogP contribution in [0.5, 0.6) is 0 Å². The van der Waals surface area contributed by atoms with Gasteiger partial charge in [0.1, 0.15) is 6.10 Å². The SMILES string of the molecule is O[C@@H]1C#CCCCCC#C/C1=C\c1ccccc1. The van der Waals surface area contributed by atoms with Crippen LogP contribution in [0.1, 0.15) is 31.2 Å². The van der Waals surface area contributed by atoms with Crippen molar-refractivity contribution in [3.05, 3.63) is 41.5 Å². The predicted molar refractivity (Wildman–Crippen MR) is 74.4 cm³/mol. The van der Waals surface area contributed by atoms with E-state index in [1.54, 1.807) is 0 Å². The van der Waals surface area contributed by atoms with E-state index in [4.69, 9.17) is 0 Å². The maximum atomic E-state index is 10.0. The Morgan fingerprint density at radius 1 is 1.06 bits per heavy atom. The molecule has 1 N–H and O–H groups in total. The first-order valence-electron chi connectivity index (χ1n) is 6.28. The molecule has 1 atom stereocenters. The maximum Gasteiger partial charge on any atom is 0.147 e. The fraction of sp³-hybridized carbons (Fsp3) is 0.294. The molecule has 1 aromatic rings. The van der Waals surface area contributed by atoms with E-state index in [1.165, 1.54) is 0 Å². The molecule has 1 aliphatic rings. The van der Waals surface area contributed by atoms with Gasteiger partial charge in [0.15, 0.2) is 0 Å². The number of rotatable bonds is 1. The Morgan fingerprint density at radius 2 is 1.78 bits per heavy atom. The van der Waals surface area contributed by atoms with Crippen molar-refractivity contribution < 1.29 is 5.11 Å². The number of hydrogen-bond acceptors (Lipinski definition) is 1. The smallest absolute Gasteiger partial charge is 0.147 e. The lowest BCUT2D eigenvalue weighted by atomic mass is 10.0. The van der Waals surface area contributed by atoms with Crippen LogP contribution in [-0.4, -0.2) is 11.2 Å². The Hall–Kier alpha value is -1.96. The second kappa shape index (κ2) is 6.70. The molecule has 0 saturated heterocycles. The summed E-state index contributed by atoms with van der Waals surface area (Å²) in [6.45, 7) is 0. The molecule has 1 nitrogen and oxygen atoms in total. The third kappa shape index (κ3) is 3.81. The summed E-state index contributed by atoms with van der Waals surface area (Å²) in [5.41, 5.74) is 1.73. The lowest BCUT2D eigenvalue weighted by Crippen LogP contribution is -2.06. The number of hydrogen-bond donors (Lipinski definition) is 1. The quantitative estimate of drug-likeness (QED) is 0.743. The van der Waals surface area contributed by atoms with E-state index in [0.717, 1.165) is 31.2 Å². The van der Waals surface area contributed by atoms with Crippen molar-refractivity contribution >= 4 is 6.08 Å².